The Bertz CT molecular complexity index is 927. The number of piperidine rings is 1. The molecule has 2 aromatic rings. The summed E-state index contributed by atoms with van der Waals surface area (Å²) in [7, 11) is -2.06. The smallest absolute Gasteiger partial charge is 0.248 e. The summed E-state index contributed by atoms with van der Waals surface area (Å²) < 4.78 is 37.3. The highest BCUT2D eigenvalue weighted by Crippen LogP contribution is 2.27. The first-order chi connectivity index (χ1) is 13.3. The van der Waals surface area contributed by atoms with E-state index < -0.39 is 10.0 Å². The largest absolute Gasteiger partial charge is 0.497 e. The first-order valence-corrected chi connectivity index (χ1v) is 10.6. The van der Waals surface area contributed by atoms with E-state index in [9.17, 15) is 13.2 Å². The van der Waals surface area contributed by atoms with Crippen LogP contribution >= 0.6 is 0 Å². The molecule has 1 N–H and O–H groups in total. The van der Waals surface area contributed by atoms with Crippen molar-refractivity contribution < 1.29 is 22.5 Å². The Labute approximate surface area is 164 Å². The zero-order valence-corrected chi connectivity index (χ0v) is 17.1. The molecule has 0 unspecified atom stereocenters. The minimum Gasteiger partial charge on any atom is -0.497 e. The number of hydrogen-bond donors (Lipinski definition) is 1. The third-order valence-electron chi connectivity index (χ3n) is 4.99. The molecular formula is C19H25N3O5S. The van der Waals surface area contributed by atoms with Gasteiger partial charge in [-0.25, -0.2) is 8.42 Å². The summed E-state index contributed by atoms with van der Waals surface area (Å²) in [6.45, 7) is 4.20. The van der Waals surface area contributed by atoms with E-state index in [0.717, 1.165) is 11.3 Å². The number of nitrogens with zero attached hydrogens (tertiary/aromatic N) is 2. The van der Waals surface area contributed by atoms with Crippen LogP contribution in [-0.2, 0) is 21.4 Å². The van der Waals surface area contributed by atoms with E-state index in [2.05, 4.69) is 10.5 Å². The summed E-state index contributed by atoms with van der Waals surface area (Å²) in [5.41, 5.74) is 1.31. The zero-order chi connectivity index (χ0) is 20.3. The molecule has 0 atom stereocenters. The Hall–Kier alpha value is -2.39. The van der Waals surface area contributed by atoms with E-state index in [0.29, 0.717) is 38.2 Å². The number of carbonyl (C=O) groups excluding carboxylic acids is 1. The summed E-state index contributed by atoms with van der Waals surface area (Å²) in [6, 6.07) is 7.51. The third-order valence-corrected chi connectivity index (χ3v) is 7.14. The van der Waals surface area contributed by atoms with Crippen LogP contribution in [0.15, 0.2) is 33.7 Å². The van der Waals surface area contributed by atoms with Crippen LogP contribution in [0.3, 0.4) is 0 Å². The number of benzene rings is 1. The molecule has 0 aliphatic carbocycles. The lowest BCUT2D eigenvalue weighted by Gasteiger charge is -2.30. The normalized spacial score (nSPS) is 16.1. The number of aromatic nitrogens is 1. The van der Waals surface area contributed by atoms with Gasteiger partial charge in [-0.15, -0.1) is 0 Å². The first-order valence-electron chi connectivity index (χ1n) is 9.16. The van der Waals surface area contributed by atoms with Gasteiger partial charge in [-0.1, -0.05) is 17.3 Å². The van der Waals surface area contributed by atoms with Gasteiger partial charge in [0.25, 0.3) is 0 Å². The number of methoxy groups -OCH3 is 1. The van der Waals surface area contributed by atoms with E-state index >= 15 is 0 Å². The molecule has 1 amide bonds. The van der Waals surface area contributed by atoms with Gasteiger partial charge in [-0.05, 0) is 44.4 Å². The maximum absolute atomic E-state index is 12.9. The number of aryl methyl sites for hydroxylation is 2. The van der Waals surface area contributed by atoms with Crippen LogP contribution in [0.1, 0.15) is 29.9 Å². The van der Waals surface area contributed by atoms with Crippen molar-refractivity contribution in [1.82, 2.24) is 14.8 Å². The molecule has 8 nitrogen and oxygen atoms in total. The lowest BCUT2D eigenvalue weighted by atomic mass is 9.97. The molecule has 9 heteroatoms. The Morgan fingerprint density at radius 3 is 2.64 bits per heavy atom. The molecule has 0 spiro atoms. The van der Waals surface area contributed by atoms with Crippen molar-refractivity contribution in [2.75, 3.05) is 20.2 Å². The van der Waals surface area contributed by atoms with Crippen molar-refractivity contribution >= 4 is 15.9 Å². The monoisotopic (exact) mass is 407 g/mol. The van der Waals surface area contributed by atoms with Crippen LogP contribution in [0.25, 0.3) is 0 Å². The molecule has 28 heavy (non-hydrogen) atoms. The quantitative estimate of drug-likeness (QED) is 0.786. The van der Waals surface area contributed by atoms with Gasteiger partial charge < -0.3 is 14.6 Å². The van der Waals surface area contributed by atoms with Crippen molar-refractivity contribution in [3.05, 3.63) is 41.3 Å². The number of carbonyl (C=O) groups is 1. The summed E-state index contributed by atoms with van der Waals surface area (Å²) in [4.78, 5) is 12.6. The van der Waals surface area contributed by atoms with Crippen LogP contribution in [-0.4, -0.2) is 44.0 Å². The molecule has 1 saturated heterocycles. The molecule has 0 radical (unpaired) electrons. The topological polar surface area (TPSA) is 102 Å². The van der Waals surface area contributed by atoms with Crippen LogP contribution in [0.5, 0.6) is 5.75 Å². The average Bonchev–Trinajstić information content (AvgIpc) is 3.05. The molecule has 2 heterocycles. The fraction of sp³-hybridized carbons (Fsp3) is 0.474. The van der Waals surface area contributed by atoms with Crippen molar-refractivity contribution in [3.63, 3.8) is 0 Å². The molecule has 1 aromatic heterocycles. The predicted molar refractivity (Wildman–Crippen MR) is 102 cm³/mol. The highest BCUT2D eigenvalue weighted by molar-refractivity contribution is 7.89. The minimum absolute atomic E-state index is 0.0581. The summed E-state index contributed by atoms with van der Waals surface area (Å²) >= 11 is 0. The zero-order valence-electron chi connectivity index (χ0n) is 16.3. The second-order valence-corrected chi connectivity index (χ2v) is 8.78. The lowest BCUT2D eigenvalue weighted by molar-refractivity contribution is -0.126. The first kappa shape index (κ1) is 20.3. The van der Waals surface area contributed by atoms with E-state index in [1.165, 1.54) is 4.31 Å². The van der Waals surface area contributed by atoms with Crippen LogP contribution in [0.4, 0.5) is 0 Å². The van der Waals surface area contributed by atoms with Crippen molar-refractivity contribution in [2.24, 2.45) is 5.92 Å². The molecule has 1 aromatic carbocycles. The minimum atomic E-state index is -3.66. The van der Waals surface area contributed by atoms with E-state index in [-0.39, 0.29) is 22.5 Å². The SMILES string of the molecule is COc1cccc(CNC(=O)C2CCN(S(=O)(=O)c3c(C)noc3C)CC2)c1. The molecule has 152 valence electrons. The molecular weight excluding hydrogens is 382 g/mol. The Morgan fingerprint density at radius 2 is 2.04 bits per heavy atom. The van der Waals surface area contributed by atoms with Gasteiger partial charge in [0, 0.05) is 25.6 Å². The number of rotatable bonds is 6. The third kappa shape index (κ3) is 4.20. The van der Waals surface area contributed by atoms with Gasteiger partial charge in [-0.2, -0.15) is 4.31 Å². The molecule has 0 saturated carbocycles. The fourth-order valence-corrected chi connectivity index (χ4v) is 5.21. The standard InChI is InChI=1S/C19H25N3O5S/c1-13-18(14(2)27-21-13)28(24,25)22-9-7-16(8-10-22)19(23)20-12-15-5-4-6-17(11-15)26-3/h4-6,11,16H,7-10,12H2,1-3H3,(H,20,23). The Morgan fingerprint density at radius 1 is 1.32 bits per heavy atom. The van der Waals surface area contributed by atoms with Gasteiger partial charge in [0.1, 0.15) is 16.3 Å². The van der Waals surface area contributed by atoms with E-state index in [1.54, 1.807) is 21.0 Å². The van der Waals surface area contributed by atoms with Crippen LogP contribution < -0.4 is 10.1 Å². The lowest BCUT2D eigenvalue weighted by Crippen LogP contribution is -2.43. The summed E-state index contributed by atoms with van der Waals surface area (Å²) in [6.07, 6.45) is 0.957. The van der Waals surface area contributed by atoms with Gasteiger partial charge >= 0.3 is 0 Å². The number of nitrogens with one attached hydrogen (secondary N) is 1. The Balaban J connectivity index is 1.56. The molecule has 1 aliphatic heterocycles. The summed E-state index contributed by atoms with van der Waals surface area (Å²) in [5.74, 6) is 0.763. The van der Waals surface area contributed by atoms with E-state index in [4.69, 9.17) is 9.26 Å². The van der Waals surface area contributed by atoms with Gasteiger partial charge in [0.2, 0.25) is 15.9 Å². The fourth-order valence-electron chi connectivity index (χ4n) is 3.45. The maximum atomic E-state index is 12.9. The van der Waals surface area contributed by atoms with Gasteiger partial charge in [0.05, 0.1) is 7.11 Å². The molecule has 1 fully saturated rings. The van der Waals surface area contributed by atoms with Crippen molar-refractivity contribution in [1.29, 1.82) is 0 Å². The van der Waals surface area contributed by atoms with Gasteiger partial charge in [0.15, 0.2) is 5.76 Å². The highest BCUT2D eigenvalue weighted by atomic mass is 32.2. The second-order valence-electron chi connectivity index (χ2n) is 6.90. The molecule has 0 bridgehead atoms. The molecule has 3 rings (SSSR count). The van der Waals surface area contributed by atoms with Crippen molar-refractivity contribution in [3.8, 4) is 5.75 Å². The number of sulfonamides is 1. The number of hydrogen-bond acceptors (Lipinski definition) is 6. The Kier molecular flexibility index (Phi) is 6.04. The number of ether oxygens (including phenoxy) is 1. The maximum Gasteiger partial charge on any atom is 0.248 e. The molecule has 1 aliphatic rings. The second kappa shape index (κ2) is 8.32. The van der Waals surface area contributed by atoms with Crippen molar-refractivity contribution in [2.45, 2.75) is 38.1 Å². The van der Waals surface area contributed by atoms with E-state index in [1.807, 2.05) is 24.3 Å². The number of amides is 1. The van der Waals surface area contributed by atoms with Crippen LogP contribution in [0.2, 0.25) is 0 Å². The average molecular weight is 407 g/mol. The summed E-state index contributed by atoms with van der Waals surface area (Å²) in [5, 5.41) is 6.66. The van der Waals surface area contributed by atoms with Gasteiger partial charge in [-0.3, -0.25) is 4.79 Å². The van der Waals surface area contributed by atoms with Crippen LogP contribution in [0, 0.1) is 19.8 Å². The highest BCUT2D eigenvalue weighted by Gasteiger charge is 2.35. The predicted octanol–water partition coefficient (Wildman–Crippen LogP) is 2.02.